The van der Waals surface area contributed by atoms with Gasteiger partial charge in [0, 0.05) is 37.3 Å². The highest BCUT2D eigenvalue weighted by Gasteiger charge is 2.15. The van der Waals surface area contributed by atoms with Crippen molar-refractivity contribution in [1.29, 1.82) is 0 Å². The molecule has 4 N–H and O–H groups in total. The fraction of sp³-hybridized carbons (Fsp3) is 0.300. The molecule has 0 aliphatic carbocycles. The summed E-state index contributed by atoms with van der Waals surface area (Å²) in [7, 11) is 5.64. The van der Waals surface area contributed by atoms with E-state index >= 15 is 0 Å². The monoisotopic (exact) mass is 351 g/mol. The molecule has 0 amide bonds. The molecule has 2 aromatic heterocycles. The van der Waals surface area contributed by atoms with Crippen LogP contribution in [0, 0.1) is 0 Å². The van der Waals surface area contributed by atoms with Crippen LogP contribution < -0.4 is 21.1 Å². The van der Waals surface area contributed by atoms with Gasteiger partial charge in [0.15, 0.2) is 0 Å². The Morgan fingerprint density at radius 3 is 2.69 bits per heavy atom. The number of methoxy groups -OCH3 is 1. The lowest BCUT2D eigenvalue weighted by molar-refractivity contribution is 0.415. The van der Waals surface area contributed by atoms with Crippen molar-refractivity contribution >= 4 is 16.6 Å². The standard InChI is InChI=1S/C20H25N5O/c1-25(2)18-7-6-13(11-19(18)26-3)16-12-17-14(5-4-10-23-17)20(24-16)15(22)8-9-21/h4-7,10-12,15H,8-9,21-22H2,1-3H3. The molecule has 0 saturated carbocycles. The van der Waals surface area contributed by atoms with Crippen LogP contribution in [0.25, 0.3) is 22.2 Å². The van der Waals surface area contributed by atoms with E-state index in [1.54, 1.807) is 13.3 Å². The van der Waals surface area contributed by atoms with Crippen molar-refractivity contribution in [2.75, 3.05) is 32.6 Å². The van der Waals surface area contributed by atoms with Crippen molar-refractivity contribution in [2.24, 2.45) is 11.5 Å². The normalized spacial score (nSPS) is 12.2. The minimum absolute atomic E-state index is 0.227. The fourth-order valence-electron chi connectivity index (χ4n) is 3.05. The van der Waals surface area contributed by atoms with E-state index in [0.717, 1.165) is 39.3 Å². The molecule has 1 atom stereocenters. The van der Waals surface area contributed by atoms with E-state index in [1.807, 2.05) is 55.4 Å². The number of hydrogen-bond acceptors (Lipinski definition) is 6. The largest absolute Gasteiger partial charge is 0.495 e. The minimum atomic E-state index is -0.227. The summed E-state index contributed by atoms with van der Waals surface area (Å²) in [6.07, 6.45) is 2.45. The average molecular weight is 351 g/mol. The molecule has 0 fully saturated rings. The lowest BCUT2D eigenvalue weighted by Crippen LogP contribution is -2.17. The van der Waals surface area contributed by atoms with Crippen LogP contribution in [0.15, 0.2) is 42.6 Å². The van der Waals surface area contributed by atoms with Gasteiger partial charge in [-0.15, -0.1) is 0 Å². The molecule has 136 valence electrons. The first-order valence-corrected chi connectivity index (χ1v) is 8.62. The number of hydrogen-bond donors (Lipinski definition) is 2. The molecule has 3 rings (SSSR count). The molecule has 0 bridgehead atoms. The highest BCUT2D eigenvalue weighted by Crippen LogP contribution is 2.33. The molecule has 1 unspecified atom stereocenters. The van der Waals surface area contributed by atoms with Crippen LogP contribution in [0.5, 0.6) is 5.75 Å². The van der Waals surface area contributed by atoms with Gasteiger partial charge in [-0.05, 0) is 43.3 Å². The molecular weight excluding hydrogens is 326 g/mol. The topological polar surface area (TPSA) is 90.3 Å². The summed E-state index contributed by atoms with van der Waals surface area (Å²) in [4.78, 5) is 11.4. The maximum atomic E-state index is 6.34. The summed E-state index contributed by atoms with van der Waals surface area (Å²) in [6, 6.07) is 11.7. The highest BCUT2D eigenvalue weighted by molar-refractivity contribution is 5.85. The zero-order valence-corrected chi connectivity index (χ0v) is 15.4. The van der Waals surface area contributed by atoms with Crippen LogP contribution in [0.4, 0.5) is 5.69 Å². The molecular formula is C20H25N5O. The Labute approximate surface area is 153 Å². The molecule has 6 heteroatoms. The zero-order valence-electron chi connectivity index (χ0n) is 15.4. The Balaban J connectivity index is 2.16. The summed E-state index contributed by atoms with van der Waals surface area (Å²) in [5.41, 5.74) is 16.5. The van der Waals surface area contributed by atoms with Crippen LogP contribution in [0.3, 0.4) is 0 Å². The van der Waals surface area contributed by atoms with Gasteiger partial charge in [0.1, 0.15) is 5.75 Å². The van der Waals surface area contributed by atoms with Crippen molar-refractivity contribution < 1.29 is 4.74 Å². The van der Waals surface area contributed by atoms with Gasteiger partial charge in [-0.2, -0.15) is 0 Å². The highest BCUT2D eigenvalue weighted by atomic mass is 16.5. The van der Waals surface area contributed by atoms with E-state index in [1.165, 1.54) is 0 Å². The molecule has 1 aromatic carbocycles. The van der Waals surface area contributed by atoms with Gasteiger partial charge in [-0.3, -0.25) is 9.97 Å². The Hall–Kier alpha value is -2.70. The molecule has 0 radical (unpaired) electrons. The Kier molecular flexibility index (Phi) is 5.35. The molecule has 2 heterocycles. The summed E-state index contributed by atoms with van der Waals surface area (Å²) >= 11 is 0. The number of aromatic nitrogens is 2. The molecule has 26 heavy (non-hydrogen) atoms. The Morgan fingerprint density at radius 2 is 2.00 bits per heavy atom. The van der Waals surface area contributed by atoms with Gasteiger partial charge in [-0.1, -0.05) is 6.07 Å². The predicted molar refractivity (Wildman–Crippen MR) is 106 cm³/mol. The molecule has 3 aromatic rings. The van der Waals surface area contributed by atoms with E-state index in [-0.39, 0.29) is 6.04 Å². The number of nitrogens with zero attached hydrogens (tertiary/aromatic N) is 3. The van der Waals surface area contributed by atoms with E-state index in [2.05, 4.69) is 4.98 Å². The van der Waals surface area contributed by atoms with Crippen molar-refractivity contribution in [3.05, 3.63) is 48.3 Å². The molecule has 0 spiro atoms. The third kappa shape index (κ3) is 3.47. The van der Waals surface area contributed by atoms with Gasteiger partial charge < -0.3 is 21.1 Å². The maximum Gasteiger partial charge on any atom is 0.142 e. The molecule has 6 nitrogen and oxygen atoms in total. The van der Waals surface area contributed by atoms with Crippen LogP contribution >= 0.6 is 0 Å². The minimum Gasteiger partial charge on any atom is -0.495 e. The van der Waals surface area contributed by atoms with E-state index in [9.17, 15) is 0 Å². The SMILES string of the molecule is COc1cc(-c2cc3ncccc3c(C(N)CCN)n2)ccc1N(C)C. The van der Waals surface area contributed by atoms with Gasteiger partial charge in [0.25, 0.3) is 0 Å². The van der Waals surface area contributed by atoms with Gasteiger partial charge in [-0.25, -0.2) is 0 Å². The van der Waals surface area contributed by atoms with Crippen molar-refractivity contribution in [3.8, 4) is 17.0 Å². The third-order valence-corrected chi connectivity index (χ3v) is 4.42. The maximum absolute atomic E-state index is 6.34. The van der Waals surface area contributed by atoms with Crippen LogP contribution in [-0.4, -0.2) is 37.7 Å². The second-order valence-electron chi connectivity index (χ2n) is 6.43. The van der Waals surface area contributed by atoms with Crippen molar-refractivity contribution in [2.45, 2.75) is 12.5 Å². The lowest BCUT2D eigenvalue weighted by Gasteiger charge is -2.18. The van der Waals surface area contributed by atoms with Crippen LogP contribution in [-0.2, 0) is 0 Å². The smallest absolute Gasteiger partial charge is 0.142 e. The molecule has 0 aliphatic heterocycles. The van der Waals surface area contributed by atoms with E-state index in [0.29, 0.717) is 13.0 Å². The predicted octanol–water partition coefficient (Wildman–Crippen LogP) is 2.72. The number of anilines is 1. The number of fused-ring (bicyclic) bond motifs is 1. The second-order valence-corrected chi connectivity index (χ2v) is 6.43. The quantitative estimate of drug-likeness (QED) is 0.710. The van der Waals surface area contributed by atoms with Gasteiger partial charge in [0.2, 0.25) is 0 Å². The molecule has 0 aliphatic rings. The first-order valence-electron chi connectivity index (χ1n) is 8.62. The van der Waals surface area contributed by atoms with E-state index < -0.39 is 0 Å². The zero-order chi connectivity index (χ0) is 18.7. The van der Waals surface area contributed by atoms with Crippen molar-refractivity contribution in [3.63, 3.8) is 0 Å². The fourth-order valence-corrected chi connectivity index (χ4v) is 3.05. The summed E-state index contributed by atoms with van der Waals surface area (Å²) in [5, 5.41) is 0.967. The third-order valence-electron chi connectivity index (χ3n) is 4.42. The summed E-state index contributed by atoms with van der Waals surface area (Å²) in [6.45, 7) is 0.514. The number of benzene rings is 1. The average Bonchev–Trinajstić information content (AvgIpc) is 2.66. The first-order chi connectivity index (χ1) is 12.5. The van der Waals surface area contributed by atoms with Crippen molar-refractivity contribution in [1.82, 2.24) is 9.97 Å². The summed E-state index contributed by atoms with van der Waals surface area (Å²) in [5.74, 6) is 0.795. The number of nitrogens with two attached hydrogens (primary N) is 2. The van der Waals surface area contributed by atoms with Gasteiger partial charge >= 0.3 is 0 Å². The van der Waals surface area contributed by atoms with Crippen LogP contribution in [0.2, 0.25) is 0 Å². The number of rotatable bonds is 6. The second kappa shape index (κ2) is 7.68. The van der Waals surface area contributed by atoms with Crippen LogP contribution in [0.1, 0.15) is 18.2 Å². The Morgan fingerprint density at radius 1 is 1.19 bits per heavy atom. The number of ether oxygens (including phenoxy) is 1. The van der Waals surface area contributed by atoms with E-state index in [4.69, 9.17) is 21.2 Å². The number of pyridine rings is 2. The van der Waals surface area contributed by atoms with Gasteiger partial charge in [0.05, 0.1) is 29.7 Å². The summed E-state index contributed by atoms with van der Waals surface area (Å²) < 4.78 is 5.55. The molecule has 0 saturated heterocycles. The Bertz CT molecular complexity index is 910. The first kappa shape index (κ1) is 18.1. The lowest BCUT2D eigenvalue weighted by atomic mass is 10.0.